The molecule has 0 aliphatic heterocycles. The lowest BCUT2D eigenvalue weighted by Crippen LogP contribution is -2.38. The zero-order valence-electron chi connectivity index (χ0n) is 12.7. The lowest BCUT2D eigenvalue weighted by atomic mass is 10.2. The van der Waals surface area contributed by atoms with Gasteiger partial charge < -0.3 is 10.6 Å². The fourth-order valence-electron chi connectivity index (χ4n) is 1.75. The van der Waals surface area contributed by atoms with Crippen LogP contribution >= 0.6 is 11.3 Å². The second-order valence-electron chi connectivity index (χ2n) is 5.54. The maximum atomic E-state index is 12.7. The van der Waals surface area contributed by atoms with Gasteiger partial charge in [0.2, 0.25) is 0 Å². The van der Waals surface area contributed by atoms with Crippen LogP contribution in [0.5, 0.6) is 0 Å². The molecule has 1 aromatic heterocycles. The van der Waals surface area contributed by atoms with Crippen molar-refractivity contribution in [2.45, 2.75) is 24.6 Å². The summed E-state index contributed by atoms with van der Waals surface area (Å²) in [6.07, 6.45) is 0. The molecule has 0 bridgehead atoms. The number of likely N-dealkylation sites (N-methyl/N-ethyl adjacent to an activating group) is 1. The van der Waals surface area contributed by atoms with Crippen molar-refractivity contribution in [1.29, 1.82) is 0 Å². The predicted molar refractivity (Wildman–Crippen MR) is 84.4 cm³/mol. The van der Waals surface area contributed by atoms with Crippen molar-refractivity contribution in [3.05, 3.63) is 17.0 Å². The summed E-state index contributed by atoms with van der Waals surface area (Å²) in [7, 11) is 0.473. The highest BCUT2D eigenvalue weighted by Crippen LogP contribution is 2.24. The molecule has 0 unspecified atom stereocenters. The Balaban J connectivity index is 2.96. The van der Waals surface area contributed by atoms with Gasteiger partial charge in [0.05, 0.1) is 0 Å². The van der Waals surface area contributed by atoms with Crippen molar-refractivity contribution in [3.8, 4) is 0 Å². The zero-order chi connectivity index (χ0) is 15.3. The molecule has 5 nitrogen and oxygen atoms in total. The van der Waals surface area contributed by atoms with Crippen LogP contribution in [0.4, 0.5) is 0 Å². The Hall–Kier alpha value is -0.470. The van der Waals surface area contributed by atoms with Gasteiger partial charge in [-0.25, -0.2) is 8.42 Å². The Morgan fingerprint density at radius 3 is 2.40 bits per heavy atom. The standard InChI is InChI=1S/C13H25N3O2S2/c1-11(2)9-16(6-5-15(3)4)20(17,18)13-7-12(8-14)10-19-13/h7,10-11H,5-6,8-9,14H2,1-4H3. The van der Waals surface area contributed by atoms with Gasteiger partial charge in [0.15, 0.2) is 0 Å². The average molecular weight is 319 g/mol. The van der Waals surface area contributed by atoms with Gasteiger partial charge in [-0.15, -0.1) is 11.3 Å². The van der Waals surface area contributed by atoms with Gasteiger partial charge in [-0.1, -0.05) is 13.8 Å². The van der Waals surface area contributed by atoms with Crippen LogP contribution in [0.25, 0.3) is 0 Å². The molecule has 0 saturated heterocycles. The van der Waals surface area contributed by atoms with Gasteiger partial charge in [-0.05, 0) is 37.0 Å². The molecule has 0 atom stereocenters. The van der Waals surface area contributed by atoms with E-state index in [0.717, 1.165) is 5.56 Å². The number of hydrogen-bond acceptors (Lipinski definition) is 5. The molecule has 116 valence electrons. The molecule has 0 spiro atoms. The molecule has 0 aliphatic rings. The van der Waals surface area contributed by atoms with Gasteiger partial charge in [-0.3, -0.25) is 0 Å². The second kappa shape index (κ2) is 7.51. The van der Waals surface area contributed by atoms with E-state index in [1.54, 1.807) is 10.4 Å². The molecule has 2 N–H and O–H groups in total. The minimum atomic E-state index is -3.41. The van der Waals surface area contributed by atoms with Crippen LogP contribution in [0, 0.1) is 5.92 Å². The summed E-state index contributed by atoms with van der Waals surface area (Å²) in [5.41, 5.74) is 6.42. The molecule has 0 amide bonds. The monoisotopic (exact) mass is 319 g/mol. The molecule has 0 fully saturated rings. The number of rotatable bonds is 8. The molecule has 20 heavy (non-hydrogen) atoms. The van der Waals surface area contributed by atoms with Gasteiger partial charge in [0.25, 0.3) is 10.0 Å². The number of thiophene rings is 1. The first-order valence-electron chi connectivity index (χ1n) is 6.69. The van der Waals surface area contributed by atoms with Crippen molar-refractivity contribution in [2.24, 2.45) is 11.7 Å². The Morgan fingerprint density at radius 2 is 1.95 bits per heavy atom. The van der Waals surface area contributed by atoms with E-state index in [0.29, 0.717) is 36.3 Å². The number of nitrogens with two attached hydrogens (primary N) is 1. The maximum Gasteiger partial charge on any atom is 0.252 e. The highest BCUT2D eigenvalue weighted by Gasteiger charge is 2.26. The van der Waals surface area contributed by atoms with Crippen molar-refractivity contribution in [3.63, 3.8) is 0 Å². The molecule has 7 heteroatoms. The summed E-state index contributed by atoms with van der Waals surface area (Å²) in [6, 6.07) is 1.68. The summed E-state index contributed by atoms with van der Waals surface area (Å²) in [5, 5.41) is 1.81. The van der Waals surface area contributed by atoms with E-state index in [1.807, 2.05) is 38.2 Å². The fraction of sp³-hybridized carbons (Fsp3) is 0.692. The third kappa shape index (κ3) is 4.82. The first kappa shape index (κ1) is 17.6. The first-order chi connectivity index (χ1) is 9.27. The number of nitrogens with zero attached hydrogens (tertiary/aromatic N) is 2. The number of sulfonamides is 1. The van der Waals surface area contributed by atoms with Crippen LogP contribution in [-0.2, 0) is 16.6 Å². The Morgan fingerprint density at radius 1 is 1.30 bits per heavy atom. The predicted octanol–water partition coefficient (Wildman–Crippen LogP) is 1.42. The van der Waals surface area contributed by atoms with E-state index in [1.165, 1.54) is 11.3 Å². The van der Waals surface area contributed by atoms with Crippen LogP contribution < -0.4 is 5.73 Å². The third-order valence-electron chi connectivity index (χ3n) is 2.82. The van der Waals surface area contributed by atoms with Crippen molar-refractivity contribution >= 4 is 21.4 Å². The van der Waals surface area contributed by atoms with Crippen molar-refractivity contribution in [1.82, 2.24) is 9.21 Å². The number of hydrogen-bond donors (Lipinski definition) is 1. The summed E-state index contributed by atoms with van der Waals surface area (Å²) < 4.78 is 27.3. The van der Waals surface area contributed by atoms with Crippen molar-refractivity contribution in [2.75, 3.05) is 33.7 Å². The molecular formula is C13H25N3O2S2. The van der Waals surface area contributed by atoms with E-state index in [9.17, 15) is 8.42 Å². The lowest BCUT2D eigenvalue weighted by molar-refractivity contribution is 0.313. The molecule has 0 aromatic carbocycles. The minimum absolute atomic E-state index is 0.292. The fourth-order valence-corrected chi connectivity index (χ4v) is 4.72. The first-order valence-corrected chi connectivity index (χ1v) is 9.01. The molecule has 1 heterocycles. The quantitative estimate of drug-likeness (QED) is 0.787. The van der Waals surface area contributed by atoms with E-state index in [4.69, 9.17) is 5.73 Å². The second-order valence-corrected chi connectivity index (χ2v) is 8.61. The molecule has 0 radical (unpaired) electrons. The van der Waals surface area contributed by atoms with Crippen LogP contribution in [0.2, 0.25) is 0 Å². The van der Waals surface area contributed by atoms with E-state index in [2.05, 4.69) is 0 Å². The van der Waals surface area contributed by atoms with Gasteiger partial charge in [-0.2, -0.15) is 4.31 Å². The van der Waals surface area contributed by atoms with Gasteiger partial charge >= 0.3 is 0 Å². The smallest absolute Gasteiger partial charge is 0.252 e. The highest BCUT2D eigenvalue weighted by atomic mass is 32.2. The lowest BCUT2D eigenvalue weighted by Gasteiger charge is -2.24. The largest absolute Gasteiger partial charge is 0.326 e. The van der Waals surface area contributed by atoms with Gasteiger partial charge in [0, 0.05) is 26.2 Å². The van der Waals surface area contributed by atoms with Crippen LogP contribution in [0.15, 0.2) is 15.7 Å². The normalized spacial score (nSPS) is 12.8. The van der Waals surface area contributed by atoms with Crippen molar-refractivity contribution < 1.29 is 8.42 Å². The Kier molecular flexibility index (Phi) is 6.60. The van der Waals surface area contributed by atoms with E-state index >= 15 is 0 Å². The average Bonchev–Trinajstić information content (AvgIpc) is 2.83. The summed E-state index contributed by atoms with van der Waals surface area (Å²) in [5.74, 6) is 0.292. The molecule has 1 rings (SSSR count). The Bertz CT molecular complexity index is 509. The topological polar surface area (TPSA) is 66.6 Å². The summed E-state index contributed by atoms with van der Waals surface area (Å²) in [4.78, 5) is 1.99. The maximum absolute atomic E-state index is 12.7. The molecule has 1 aromatic rings. The van der Waals surface area contributed by atoms with E-state index in [-0.39, 0.29) is 0 Å². The van der Waals surface area contributed by atoms with Crippen LogP contribution in [-0.4, -0.2) is 51.4 Å². The highest BCUT2D eigenvalue weighted by molar-refractivity contribution is 7.91. The van der Waals surface area contributed by atoms with E-state index < -0.39 is 10.0 Å². The summed E-state index contributed by atoms with van der Waals surface area (Å²) >= 11 is 1.25. The minimum Gasteiger partial charge on any atom is -0.326 e. The summed E-state index contributed by atoms with van der Waals surface area (Å²) in [6.45, 7) is 6.17. The van der Waals surface area contributed by atoms with Crippen LogP contribution in [0.3, 0.4) is 0 Å². The molecular weight excluding hydrogens is 294 g/mol. The SMILES string of the molecule is CC(C)CN(CCN(C)C)S(=O)(=O)c1cc(CN)cs1. The molecule has 0 aliphatic carbocycles. The Labute approximate surface area is 126 Å². The van der Waals surface area contributed by atoms with Gasteiger partial charge in [0.1, 0.15) is 4.21 Å². The zero-order valence-corrected chi connectivity index (χ0v) is 14.3. The molecule has 0 saturated carbocycles. The third-order valence-corrected chi connectivity index (χ3v) is 6.15. The van der Waals surface area contributed by atoms with Crippen LogP contribution in [0.1, 0.15) is 19.4 Å².